The maximum atomic E-state index is 13.4. The van der Waals surface area contributed by atoms with Crippen LogP contribution in [0.2, 0.25) is 0 Å². The largest absolute Gasteiger partial charge is 0.478 e. The fourth-order valence-corrected chi connectivity index (χ4v) is 1.37. The molecule has 0 heterocycles. The molecule has 0 atom stereocenters. The van der Waals surface area contributed by atoms with Gasteiger partial charge in [0.05, 0.1) is 4.47 Å². The average Bonchev–Trinajstić information content (AvgIpc) is 2.11. The van der Waals surface area contributed by atoms with Crippen molar-refractivity contribution in [1.82, 2.24) is 0 Å². The number of hydrogen-bond donors (Lipinski definition) is 1. The molecular formula is C10H8BrFO2. The zero-order valence-corrected chi connectivity index (χ0v) is 9.01. The molecule has 0 saturated carbocycles. The van der Waals surface area contributed by atoms with E-state index in [0.29, 0.717) is 15.6 Å². The number of benzene rings is 1. The van der Waals surface area contributed by atoms with E-state index in [1.54, 1.807) is 19.1 Å². The Morgan fingerprint density at radius 2 is 2.21 bits per heavy atom. The second-order valence-corrected chi connectivity index (χ2v) is 3.62. The van der Waals surface area contributed by atoms with Crippen molar-refractivity contribution in [1.29, 1.82) is 0 Å². The molecule has 0 fully saturated rings. The van der Waals surface area contributed by atoms with Gasteiger partial charge >= 0.3 is 5.97 Å². The van der Waals surface area contributed by atoms with Gasteiger partial charge in [0.15, 0.2) is 0 Å². The van der Waals surface area contributed by atoms with Crippen molar-refractivity contribution < 1.29 is 14.3 Å². The summed E-state index contributed by atoms with van der Waals surface area (Å²) in [5.74, 6) is -1.54. The van der Waals surface area contributed by atoms with Crippen LogP contribution in [0.5, 0.6) is 0 Å². The molecule has 0 unspecified atom stereocenters. The third kappa shape index (κ3) is 2.42. The molecule has 0 spiro atoms. The molecule has 1 aromatic rings. The highest BCUT2D eigenvalue weighted by atomic mass is 79.9. The molecule has 0 bridgehead atoms. The standard InChI is InChI=1S/C10H8BrFO2/c1-6-2-4-8(11)10(12)7(6)3-5-9(13)14/h2-5H,1H3,(H,13,14)/b5-3+. The number of hydrogen-bond acceptors (Lipinski definition) is 1. The lowest BCUT2D eigenvalue weighted by Crippen LogP contribution is -1.91. The summed E-state index contributed by atoms with van der Waals surface area (Å²) in [6.45, 7) is 1.72. The van der Waals surface area contributed by atoms with Crippen LogP contribution in [0.4, 0.5) is 4.39 Å². The maximum absolute atomic E-state index is 13.4. The highest BCUT2D eigenvalue weighted by Crippen LogP contribution is 2.22. The van der Waals surface area contributed by atoms with Gasteiger partial charge in [0.25, 0.3) is 0 Å². The van der Waals surface area contributed by atoms with E-state index in [9.17, 15) is 9.18 Å². The highest BCUT2D eigenvalue weighted by molar-refractivity contribution is 9.10. The van der Waals surface area contributed by atoms with Gasteiger partial charge in [-0.1, -0.05) is 6.07 Å². The van der Waals surface area contributed by atoms with Crippen molar-refractivity contribution >= 4 is 28.0 Å². The minimum Gasteiger partial charge on any atom is -0.478 e. The minimum absolute atomic E-state index is 0.293. The van der Waals surface area contributed by atoms with Crippen LogP contribution in [0.25, 0.3) is 6.08 Å². The maximum Gasteiger partial charge on any atom is 0.328 e. The zero-order valence-electron chi connectivity index (χ0n) is 7.42. The van der Waals surface area contributed by atoms with Crippen molar-refractivity contribution in [2.75, 3.05) is 0 Å². The van der Waals surface area contributed by atoms with E-state index in [1.807, 2.05) is 0 Å². The van der Waals surface area contributed by atoms with Crippen LogP contribution >= 0.6 is 15.9 Å². The topological polar surface area (TPSA) is 37.3 Å². The predicted octanol–water partition coefficient (Wildman–Crippen LogP) is 2.99. The summed E-state index contributed by atoms with van der Waals surface area (Å²) >= 11 is 3.03. The molecule has 1 aromatic carbocycles. The second kappa shape index (κ2) is 4.37. The van der Waals surface area contributed by atoms with Crippen LogP contribution in [0.1, 0.15) is 11.1 Å². The molecular weight excluding hydrogens is 251 g/mol. The van der Waals surface area contributed by atoms with E-state index in [2.05, 4.69) is 15.9 Å². The third-order valence-corrected chi connectivity index (χ3v) is 2.36. The number of rotatable bonds is 2. The third-order valence-electron chi connectivity index (χ3n) is 1.74. The van der Waals surface area contributed by atoms with Crippen molar-refractivity contribution in [3.8, 4) is 0 Å². The summed E-state index contributed by atoms with van der Waals surface area (Å²) in [6, 6.07) is 3.30. The predicted molar refractivity (Wildman–Crippen MR) is 55.5 cm³/mol. The molecule has 2 nitrogen and oxygen atoms in total. The Bertz CT molecular complexity index is 399. The molecule has 0 aromatic heterocycles. The van der Waals surface area contributed by atoms with Crippen molar-refractivity contribution in [2.45, 2.75) is 6.92 Å². The SMILES string of the molecule is Cc1ccc(Br)c(F)c1/C=C/C(=O)O. The Hall–Kier alpha value is -1.16. The molecule has 1 N–H and O–H groups in total. The Morgan fingerprint density at radius 1 is 1.57 bits per heavy atom. The molecule has 14 heavy (non-hydrogen) atoms. The average molecular weight is 259 g/mol. The smallest absolute Gasteiger partial charge is 0.328 e. The highest BCUT2D eigenvalue weighted by Gasteiger charge is 2.06. The fourth-order valence-electron chi connectivity index (χ4n) is 1.02. The van der Waals surface area contributed by atoms with Gasteiger partial charge in [-0.05, 0) is 40.6 Å². The fraction of sp³-hybridized carbons (Fsp3) is 0.100. The molecule has 0 aliphatic rings. The lowest BCUT2D eigenvalue weighted by atomic mass is 10.1. The Labute approximate surface area is 89.2 Å². The molecule has 0 saturated heterocycles. The molecule has 0 amide bonds. The number of carboxylic acid groups (broad SMARTS) is 1. The van der Waals surface area contributed by atoms with Gasteiger partial charge in [0.2, 0.25) is 0 Å². The number of aliphatic carboxylic acids is 1. The quantitative estimate of drug-likeness (QED) is 0.829. The summed E-state index contributed by atoms with van der Waals surface area (Å²) < 4.78 is 13.7. The van der Waals surface area contributed by atoms with Crippen LogP contribution in [0, 0.1) is 12.7 Å². The number of carbonyl (C=O) groups is 1. The number of carboxylic acids is 1. The molecule has 4 heteroatoms. The second-order valence-electron chi connectivity index (χ2n) is 2.76. The lowest BCUT2D eigenvalue weighted by Gasteiger charge is -2.03. The van der Waals surface area contributed by atoms with Gasteiger partial charge < -0.3 is 5.11 Å². The summed E-state index contributed by atoms with van der Waals surface area (Å²) in [4.78, 5) is 10.3. The first kappa shape index (κ1) is 10.9. The van der Waals surface area contributed by atoms with Crippen LogP contribution in [0.15, 0.2) is 22.7 Å². The summed E-state index contributed by atoms with van der Waals surface area (Å²) in [7, 11) is 0. The summed E-state index contributed by atoms with van der Waals surface area (Å²) in [5, 5.41) is 8.40. The Balaban J connectivity index is 3.19. The van der Waals surface area contributed by atoms with Crippen LogP contribution in [-0.4, -0.2) is 11.1 Å². The lowest BCUT2D eigenvalue weighted by molar-refractivity contribution is -0.131. The Morgan fingerprint density at radius 3 is 2.79 bits per heavy atom. The van der Waals surface area contributed by atoms with Crippen molar-refractivity contribution in [2.24, 2.45) is 0 Å². The Kier molecular flexibility index (Phi) is 3.41. The van der Waals surface area contributed by atoms with Crippen molar-refractivity contribution in [3.63, 3.8) is 0 Å². The molecule has 74 valence electrons. The normalized spacial score (nSPS) is 10.8. The van der Waals surface area contributed by atoms with Gasteiger partial charge in [0.1, 0.15) is 5.82 Å². The first-order valence-electron chi connectivity index (χ1n) is 3.88. The van der Waals surface area contributed by atoms with Gasteiger partial charge in [-0.3, -0.25) is 0 Å². The van der Waals surface area contributed by atoms with Gasteiger partial charge in [0, 0.05) is 11.6 Å². The number of aryl methyl sites for hydroxylation is 1. The van der Waals surface area contributed by atoms with Crippen LogP contribution in [0.3, 0.4) is 0 Å². The first-order valence-corrected chi connectivity index (χ1v) is 4.67. The van der Waals surface area contributed by atoms with Gasteiger partial charge in [-0.2, -0.15) is 0 Å². The molecule has 1 rings (SSSR count). The van der Waals surface area contributed by atoms with Crippen LogP contribution < -0.4 is 0 Å². The minimum atomic E-state index is -1.09. The van der Waals surface area contributed by atoms with E-state index < -0.39 is 11.8 Å². The van der Waals surface area contributed by atoms with Crippen LogP contribution in [-0.2, 0) is 4.79 Å². The summed E-state index contributed by atoms with van der Waals surface area (Å²) in [5.41, 5.74) is 0.991. The first-order chi connectivity index (χ1) is 6.52. The molecule has 0 radical (unpaired) electrons. The van der Waals surface area contributed by atoms with E-state index in [1.165, 1.54) is 6.08 Å². The zero-order chi connectivity index (χ0) is 10.7. The van der Waals surface area contributed by atoms with Gasteiger partial charge in [-0.25, -0.2) is 9.18 Å². The van der Waals surface area contributed by atoms with Crippen molar-refractivity contribution in [3.05, 3.63) is 39.6 Å². The number of halogens is 2. The van der Waals surface area contributed by atoms with Gasteiger partial charge in [-0.15, -0.1) is 0 Å². The van der Waals surface area contributed by atoms with E-state index >= 15 is 0 Å². The van der Waals surface area contributed by atoms with E-state index in [0.717, 1.165) is 6.08 Å². The van der Waals surface area contributed by atoms with E-state index in [4.69, 9.17) is 5.11 Å². The van der Waals surface area contributed by atoms with E-state index in [-0.39, 0.29) is 0 Å². The summed E-state index contributed by atoms with van der Waals surface area (Å²) in [6.07, 6.45) is 2.16. The molecule has 0 aliphatic carbocycles. The molecule has 0 aliphatic heterocycles. The monoisotopic (exact) mass is 258 g/mol.